The highest BCUT2D eigenvalue weighted by molar-refractivity contribution is 7.86. The molecule has 3 unspecified atom stereocenters. The number of nitrogens with two attached hydrogens (primary N) is 1. The van der Waals surface area contributed by atoms with Crippen LogP contribution < -0.4 is 11.1 Å². The fourth-order valence-corrected chi connectivity index (χ4v) is 3.39. The highest BCUT2D eigenvalue weighted by Gasteiger charge is 2.27. The maximum absolute atomic E-state index is 12.1. The summed E-state index contributed by atoms with van der Waals surface area (Å²) >= 11 is 0. The first kappa shape index (κ1) is 14.6. The molecule has 1 aliphatic carbocycles. The minimum absolute atomic E-state index is 0.0556. The van der Waals surface area contributed by atoms with Gasteiger partial charge in [-0.15, -0.1) is 0 Å². The predicted molar refractivity (Wildman–Crippen MR) is 71.1 cm³/mol. The molecule has 1 aliphatic rings. The maximum atomic E-state index is 12.1. The van der Waals surface area contributed by atoms with E-state index >= 15 is 0 Å². The van der Waals surface area contributed by atoms with Crippen molar-refractivity contribution in [2.45, 2.75) is 63.3 Å². The standard InChI is InChI=1S/C12H24N2O2S/c1-3-5-10(13)11(4-2)17(16)8-12(15)14-9-6-7-9/h9-11H,3-8,13H2,1-2H3,(H,14,15). The van der Waals surface area contributed by atoms with Crippen LogP contribution in [-0.4, -0.2) is 33.2 Å². The van der Waals surface area contributed by atoms with Gasteiger partial charge in [0.05, 0.1) is 5.25 Å². The molecule has 100 valence electrons. The van der Waals surface area contributed by atoms with Gasteiger partial charge in [-0.3, -0.25) is 9.00 Å². The molecule has 1 amide bonds. The van der Waals surface area contributed by atoms with Crippen LogP contribution in [0.25, 0.3) is 0 Å². The minimum atomic E-state index is -1.15. The van der Waals surface area contributed by atoms with Crippen LogP contribution in [0.5, 0.6) is 0 Å². The van der Waals surface area contributed by atoms with E-state index in [9.17, 15) is 9.00 Å². The zero-order valence-corrected chi connectivity index (χ0v) is 11.6. The van der Waals surface area contributed by atoms with E-state index in [1.165, 1.54) is 0 Å². The summed E-state index contributed by atoms with van der Waals surface area (Å²) < 4.78 is 12.1. The number of carbonyl (C=O) groups is 1. The molecule has 3 N–H and O–H groups in total. The second-order valence-electron chi connectivity index (χ2n) is 4.77. The van der Waals surface area contributed by atoms with Gasteiger partial charge in [0.25, 0.3) is 0 Å². The topological polar surface area (TPSA) is 72.2 Å². The molecule has 1 saturated carbocycles. The SMILES string of the molecule is CCCC(N)C(CC)S(=O)CC(=O)NC1CC1. The maximum Gasteiger partial charge on any atom is 0.232 e. The molecule has 1 rings (SSSR count). The molecule has 0 heterocycles. The van der Waals surface area contributed by atoms with Gasteiger partial charge in [-0.2, -0.15) is 0 Å². The van der Waals surface area contributed by atoms with Crippen LogP contribution in [0.1, 0.15) is 46.0 Å². The first-order valence-electron chi connectivity index (χ1n) is 6.50. The molecule has 0 saturated heterocycles. The fourth-order valence-electron chi connectivity index (χ4n) is 1.94. The van der Waals surface area contributed by atoms with Crippen molar-refractivity contribution in [1.29, 1.82) is 0 Å². The molecular weight excluding hydrogens is 236 g/mol. The van der Waals surface area contributed by atoms with Gasteiger partial charge in [0.2, 0.25) is 5.91 Å². The van der Waals surface area contributed by atoms with Crippen molar-refractivity contribution >= 4 is 16.7 Å². The van der Waals surface area contributed by atoms with Crippen LogP contribution in [0.4, 0.5) is 0 Å². The van der Waals surface area contributed by atoms with E-state index in [2.05, 4.69) is 12.2 Å². The predicted octanol–water partition coefficient (Wildman–Crippen LogP) is 0.920. The molecular formula is C12H24N2O2S. The normalized spacial score (nSPS) is 20.6. The van der Waals surface area contributed by atoms with Crippen molar-refractivity contribution in [1.82, 2.24) is 5.32 Å². The van der Waals surface area contributed by atoms with Crippen molar-refractivity contribution in [3.05, 3.63) is 0 Å². The zero-order chi connectivity index (χ0) is 12.8. The van der Waals surface area contributed by atoms with Crippen molar-refractivity contribution in [3.8, 4) is 0 Å². The van der Waals surface area contributed by atoms with Crippen molar-refractivity contribution in [2.24, 2.45) is 5.73 Å². The number of carbonyl (C=O) groups excluding carboxylic acids is 1. The van der Waals surface area contributed by atoms with Crippen LogP contribution in [0.15, 0.2) is 0 Å². The van der Waals surface area contributed by atoms with Gasteiger partial charge in [-0.1, -0.05) is 20.3 Å². The third kappa shape index (κ3) is 5.17. The Labute approximate surface area is 106 Å². The second kappa shape index (κ2) is 7.11. The lowest BCUT2D eigenvalue weighted by molar-refractivity contribution is -0.118. The average Bonchev–Trinajstić information content (AvgIpc) is 3.02. The number of hydrogen-bond donors (Lipinski definition) is 2. The zero-order valence-electron chi connectivity index (χ0n) is 10.8. The van der Waals surface area contributed by atoms with Crippen LogP contribution in [0.2, 0.25) is 0 Å². The van der Waals surface area contributed by atoms with Gasteiger partial charge in [0.1, 0.15) is 5.75 Å². The fraction of sp³-hybridized carbons (Fsp3) is 0.917. The number of amides is 1. The van der Waals surface area contributed by atoms with E-state index < -0.39 is 10.8 Å². The summed E-state index contributed by atoms with van der Waals surface area (Å²) in [7, 11) is -1.15. The summed E-state index contributed by atoms with van der Waals surface area (Å²) in [5, 5.41) is 2.81. The number of hydrogen-bond acceptors (Lipinski definition) is 3. The highest BCUT2D eigenvalue weighted by Crippen LogP contribution is 2.18. The molecule has 3 atom stereocenters. The van der Waals surface area contributed by atoms with E-state index in [4.69, 9.17) is 5.73 Å². The number of rotatable bonds is 8. The third-order valence-corrected chi connectivity index (χ3v) is 4.96. The second-order valence-corrected chi connectivity index (χ2v) is 6.42. The van der Waals surface area contributed by atoms with Crippen LogP contribution >= 0.6 is 0 Å². The monoisotopic (exact) mass is 260 g/mol. The van der Waals surface area contributed by atoms with Crippen molar-refractivity contribution < 1.29 is 9.00 Å². The van der Waals surface area contributed by atoms with E-state index in [-0.39, 0.29) is 23.0 Å². The Morgan fingerprint density at radius 3 is 2.59 bits per heavy atom. The average molecular weight is 260 g/mol. The van der Waals surface area contributed by atoms with Crippen molar-refractivity contribution in [3.63, 3.8) is 0 Å². The Morgan fingerprint density at radius 2 is 2.12 bits per heavy atom. The highest BCUT2D eigenvalue weighted by atomic mass is 32.2. The molecule has 0 aromatic rings. The van der Waals surface area contributed by atoms with Crippen molar-refractivity contribution in [2.75, 3.05) is 5.75 Å². The van der Waals surface area contributed by atoms with Gasteiger partial charge >= 0.3 is 0 Å². The van der Waals surface area contributed by atoms with Gasteiger partial charge in [0, 0.05) is 22.9 Å². The third-order valence-electron chi connectivity index (χ3n) is 3.06. The van der Waals surface area contributed by atoms with Gasteiger partial charge < -0.3 is 11.1 Å². The molecule has 5 heteroatoms. The summed E-state index contributed by atoms with van der Waals surface area (Å²) in [5.74, 6) is 0.0138. The Kier molecular flexibility index (Phi) is 6.12. The molecule has 0 bridgehead atoms. The minimum Gasteiger partial charge on any atom is -0.353 e. The quantitative estimate of drug-likeness (QED) is 0.681. The lowest BCUT2D eigenvalue weighted by Gasteiger charge is -2.21. The van der Waals surface area contributed by atoms with E-state index in [0.29, 0.717) is 6.04 Å². The summed E-state index contributed by atoms with van der Waals surface area (Å²) in [4.78, 5) is 11.6. The summed E-state index contributed by atoms with van der Waals surface area (Å²) in [5.41, 5.74) is 6.00. The molecule has 0 aliphatic heterocycles. The Balaban J connectivity index is 2.38. The summed E-state index contributed by atoms with van der Waals surface area (Å²) in [6.45, 7) is 4.05. The Morgan fingerprint density at radius 1 is 1.47 bits per heavy atom. The molecule has 1 fully saturated rings. The van der Waals surface area contributed by atoms with Gasteiger partial charge in [-0.25, -0.2) is 0 Å². The van der Waals surface area contributed by atoms with Crippen LogP contribution in [-0.2, 0) is 15.6 Å². The first-order chi connectivity index (χ1) is 8.08. The van der Waals surface area contributed by atoms with Gasteiger partial charge in [0.15, 0.2) is 0 Å². The number of nitrogens with one attached hydrogen (secondary N) is 1. The Bertz CT molecular complexity index is 280. The van der Waals surface area contributed by atoms with Crippen LogP contribution in [0, 0.1) is 0 Å². The molecule has 0 aromatic carbocycles. The first-order valence-corrected chi connectivity index (χ1v) is 7.88. The van der Waals surface area contributed by atoms with E-state index in [1.54, 1.807) is 0 Å². The van der Waals surface area contributed by atoms with Gasteiger partial charge in [-0.05, 0) is 25.7 Å². The van der Waals surface area contributed by atoms with Crippen LogP contribution in [0.3, 0.4) is 0 Å². The molecule has 4 nitrogen and oxygen atoms in total. The molecule has 0 aromatic heterocycles. The summed E-state index contributed by atoms with van der Waals surface area (Å²) in [6, 6.07) is 0.281. The smallest absolute Gasteiger partial charge is 0.232 e. The lowest BCUT2D eigenvalue weighted by atomic mass is 10.1. The largest absolute Gasteiger partial charge is 0.353 e. The molecule has 0 spiro atoms. The lowest BCUT2D eigenvalue weighted by Crippen LogP contribution is -2.41. The summed E-state index contributed by atoms with van der Waals surface area (Å²) in [6.07, 6.45) is 4.75. The van der Waals surface area contributed by atoms with E-state index in [1.807, 2.05) is 6.92 Å². The molecule has 17 heavy (non-hydrogen) atoms. The van der Waals surface area contributed by atoms with E-state index in [0.717, 1.165) is 32.1 Å². The Hall–Kier alpha value is -0.420. The molecule has 0 radical (unpaired) electrons.